The van der Waals surface area contributed by atoms with Crippen LogP contribution in [0.25, 0.3) is 0 Å². The Bertz CT molecular complexity index is 799. The van der Waals surface area contributed by atoms with Gasteiger partial charge in [0.25, 0.3) is 0 Å². The molecule has 0 aliphatic carbocycles. The van der Waals surface area contributed by atoms with Crippen molar-refractivity contribution in [2.24, 2.45) is 0 Å². The van der Waals surface area contributed by atoms with Gasteiger partial charge in [-0.3, -0.25) is 9.59 Å². The number of hydrogen-bond acceptors (Lipinski definition) is 2. The van der Waals surface area contributed by atoms with E-state index < -0.39 is 0 Å². The van der Waals surface area contributed by atoms with Crippen LogP contribution >= 0.6 is 23.2 Å². The van der Waals surface area contributed by atoms with Crippen molar-refractivity contribution in [1.29, 1.82) is 0 Å². The van der Waals surface area contributed by atoms with E-state index in [4.69, 9.17) is 23.2 Å². The Labute approximate surface area is 161 Å². The van der Waals surface area contributed by atoms with Crippen molar-refractivity contribution >= 4 is 40.7 Å². The molecule has 0 atom stereocenters. The summed E-state index contributed by atoms with van der Waals surface area (Å²) in [6, 6.07) is 11.2. The van der Waals surface area contributed by atoms with Crippen molar-refractivity contribution in [2.75, 3.05) is 18.4 Å². The van der Waals surface area contributed by atoms with Gasteiger partial charge in [0, 0.05) is 32.1 Å². The van der Waals surface area contributed by atoms with Crippen LogP contribution in [0, 0.1) is 5.82 Å². The smallest absolute Gasteiger partial charge is 0.226 e. The number of halogens is 3. The lowest BCUT2D eigenvalue weighted by molar-refractivity contribution is -0.129. The summed E-state index contributed by atoms with van der Waals surface area (Å²) < 4.78 is 13.7. The number of hydrogen-bond donors (Lipinski definition) is 1. The monoisotopic (exact) mass is 396 g/mol. The SMILES string of the molecule is CC(=O)N(CCC(=O)Nc1ccc(Cl)c(Cl)c1)CCc1ccccc1F. The van der Waals surface area contributed by atoms with E-state index in [1.165, 1.54) is 17.9 Å². The molecule has 4 nitrogen and oxygen atoms in total. The average molecular weight is 397 g/mol. The quantitative estimate of drug-likeness (QED) is 0.745. The van der Waals surface area contributed by atoms with E-state index in [1.54, 1.807) is 36.4 Å². The van der Waals surface area contributed by atoms with Gasteiger partial charge in [-0.15, -0.1) is 0 Å². The number of rotatable bonds is 7. The van der Waals surface area contributed by atoms with Gasteiger partial charge in [-0.2, -0.15) is 0 Å². The van der Waals surface area contributed by atoms with Gasteiger partial charge in [-0.1, -0.05) is 41.4 Å². The predicted octanol–water partition coefficient (Wildman–Crippen LogP) is 4.55. The summed E-state index contributed by atoms with van der Waals surface area (Å²) in [7, 11) is 0. The third kappa shape index (κ3) is 6.00. The van der Waals surface area contributed by atoms with Crippen LogP contribution in [0.5, 0.6) is 0 Å². The second kappa shape index (κ2) is 9.55. The Morgan fingerprint density at radius 3 is 2.46 bits per heavy atom. The third-order valence-corrected chi connectivity index (χ3v) is 4.61. The van der Waals surface area contributed by atoms with Crippen LogP contribution in [0.1, 0.15) is 18.9 Å². The summed E-state index contributed by atoms with van der Waals surface area (Å²) in [6.45, 7) is 2.02. The fourth-order valence-corrected chi connectivity index (χ4v) is 2.72. The summed E-state index contributed by atoms with van der Waals surface area (Å²) in [6.07, 6.45) is 0.512. The number of carbonyl (C=O) groups excluding carboxylic acids is 2. The predicted molar refractivity (Wildman–Crippen MR) is 102 cm³/mol. The molecule has 0 spiro atoms. The maximum Gasteiger partial charge on any atom is 0.226 e. The summed E-state index contributed by atoms with van der Waals surface area (Å²) in [5, 5.41) is 3.46. The summed E-state index contributed by atoms with van der Waals surface area (Å²) in [4.78, 5) is 25.4. The van der Waals surface area contributed by atoms with Crippen molar-refractivity contribution in [3.63, 3.8) is 0 Å². The highest BCUT2D eigenvalue weighted by atomic mass is 35.5. The van der Waals surface area contributed by atoms with E-state index in [0.29, 0.717) is 34.3 Å². The van der Waals surface area contributed by atoms with Gasteiger partial charge >= 0.3 is 0 Å². The van der Waals surface area contributed by atoms with Gasteiger partial charge in [0.1, 0.15) is 5.82 Å². The molecule has 2 aromatic rings. The fraction of sp³-hybridized carbons (Fsp3) is 0.263. The highest BCUT2D eigenvalue weighted by Crippen LogP contribution is 2.25. The van der Waals surface area contributed by atoms with Gasteiger partial charge in [0.15, 0.2) is 0 Å². The molecule has 7 heteroatoms. The Kier molecular flexibility index (Phi) is 7.42. The summed E-state index contributed by atoms with van der Waals surface area (Å²) >= 11 is 11.7. The van der Waals surface area contributed by atoms with Gasteiger partial charge in [0.2, 0.25) is 11.8 Å². The van der Waals surface area contributed by atoms with Crippen molar-refractivity contribution in [2.45, 2.75) is 19.8 Å². The number of amides is 2. The molecular formula is C19H19Cl2FN2O2. The standard InChI is InChI=1S/C19H19Cl2FN2O2/c1-13(25)24(10-8-14-4-2-3-5-18(14)22)11-9-19(26)23-15-6-7-16(20)17(21)12-15/h2-7,12H,8-11H2,1H3,(H,23,26). The molecule has 0 saturated heterocycles. The Morgan fingerprint density at radius 2 is 1.81 bits per heavy atom. The third-order valence-electron chi connectivity index (χ3n) is 3.87. The Morgan fingerprint density at radius 1 is 1.08 bits per heavy atom. The Hall–Kier alpha value is -2.11. The lowest BCUT2D eigenvalue weighted by atomic mass is 10.1. The summed E-state index contributed by atoms with van der Waals surface area (Å²) in [5.41, 5.74) is 1.07. The molecule has 0 fully saturated rings. The van der Waals surface area contributed by atoms with Crippen LogP contribution in [-0.4, -0.2) is 29.8 Å². The molecule has 0 radical (unpaired) electrons. The van der Waals surface area contributed by atoms with Gasteiger partial charge < -0.3 is 10.2 Å². The van der Waals surface area contributed by atoms with E-state index in [-0.39, 0.29) is 30.6 Å². The maximum atomic E-state index is 13.7. The minimum atomic E-state index is -0.298. The van der Waals surface area contributed by atoms with E-state index in [1.807, 2.05) is 0 Å². The zero-order valence-corrected chi connectivity index (χ0v) is 15.8. The zero-order chi connectivity index (χ0) is 19.1. The normalized spacial score (nSPS) is 10.5. The van der Waals surface area contributed by atoms with Crippen LogP contribution in [0.2, 0.25) is 10.0 Å². The van der Waals surface area contributed by atoms with Crippen LogP contribution < -0.4 is 5.32 Å². The average Bonchev–Trinajstić information content (AvgIpc) is 2.59. The number of anilines is 1. The molecule has 0 aliphatic heterocycles. The van der Waals surface area contributed by atoms with Crippen molar-refractivity contribution in [3.8, 4) is 0 Å². The van der Waals surface area contributed by atoms with E-state index in [0.717, 1.165) is 0 Å². The first kappa shape index (κ1) is 20.2. The highest BCUT2D eigenvalue weighted by Gasteiger charge is 2.13. The molecule has 1 N–H and O–H groups in total. The molecule has 0 heterocycles. The molecule has 138 valence electrons. The van der Waals surface area contributed by atoms with Gasteiger partial charge in [0.05, 0.1) is 10.0 Å². The minimum Gasteiger partial charge on any atom is -0.342 e. The summed E-state index contributed by atoms with van der Waals surface area (Å²) in [5.74, 6) is -0.711. The topological polar surface area (TPSA) is 49.4 Å². The lowest BCUT2D eigenvalue weighted by Gasteiger charge is -2.21. The number of carbonyl (C=O) groups is 2. The largest absolute Gasteiger partial charge is 0.342 e. The molecule has 2 aromatic carbocycles. The zero-order valence-electron chi connectivity index (χ0n) is 14.3. The van der Waals surface area contributed by atoms with Gasteiger partial charge in [-0.25, -0.2) is 4.39 Å². The van der Waals surface area contributed by atoms with E-state index >= 15 is 0 Å². The lowest BCUT2D eigenvalue weighted by Crippen LogP contribution is -2.33. The minimum absolute atomic E-state index is 0.122. The molecular weight excluding hydrogens is 378 g/mol. The number of benzene rings is 2. The number of nitrogens with one attached hydrogen (secondary N) is 1. The maximum absolute atomic E-state index is 13.7. The van der Waals surface area contributed by atoms with Crippen molar-refractivity contribution in [1.82, 2.24) is 4.90 Å². The molecule has 0 unspecified atom stereocenters. The molecule has 0 saturated carbocycles. The molecule has 2 amide bonds. The second-order valence-corrected chi connectivity index (χ2v) is 6.59. The second-order valence-electron chi connectivity index (χ2n) is 5.77. The highest BCUT2D eigenvalue weighted by molar-refractivity contribution is 6.42. The van der Waals surface area contributed by atoms with Crippen LogP contribution in [-0.2, 0) is 16.0 Å². The van der Waals surface area contributed by atoms with E-state index in [9.17, 15) is 14.0 Å². The number of nitrogens with zero attached hydrogens (tertiary/aromatic N) is 1. The molecule has 0 aliphatic rings. The van der Waals surface area contributed by atoms with Crippen molar-refractivity contribution in [3.05, 3.63) is 63.9 Å². The first-order valence-corrected chi connectivity index (χ1v) is 8.86. The van der Waals surface area contributed by atoms with Crippen LogP contribution in [0.15, 0.2) is 42.5 Å². The van der Waals surface area contributed by atoms with Crippen LogP contribution in [0.3, 0.4) is 0 Å². The molecule has 0 bridgehead atoms. The molecule has 2 rings (SSSR count). The van der Waals surface area contributed by atoms with Crippen LogP contribution in [0.4, 0.5) is 10.1 Å². The fourth-order valence-electron chi connectivity index (χ4n) is 2.42. The molecule has 0 aromatic heterocycles. The van der Waals surface area contributed by atoms with Crippen molar-refractivity contribution < 1.29 is 14.0 Å². The first-order valence-electron chi connectivity index (χ1n) is 8.10. The first-order chi connectivity index (χ1) is 12.4. The Balaban J connectivity index is 1.87. The van der Waals surface area contributed by atoms with Gasteiger partial charge in [-0.05, 0) is 36.2 Å². The molecule has 26 heavy (non-hydrogen) atoms. The van der Waals surface area contributed by atoms with E-state index in [2.05, 4.69) is 5.32 Å².